The summed E-state index contributed by atoms with van der Waals surface area (Å²) in [6.07, 6.45) is 0. The number of thioether (sulfide) groups is 1. The maximum absolute atomic E-state index is 14.3. The molecule has 27 heavy (non-hydrogen) atoms. The number of nitrogens with zero attached hydrogens (tertiary/aromatic N) is 2. The molecule has 2 aromatic carbocycles. The number of fused-ring (bicyclic) bond motifs is 1. The van der Waals surface area contributed by atoms with Gasteiger partial charge in [0.15, 0.2) is 15.0 Å². The lowest BCUT2D eigenvalue weighted by Gasteiger charge is -2.25. The Balaban J connectivity index is 1.69. The van der Waals surface area contributed by atoms with E-state index in [1.54, 1.807) is 25.3 Å². The second kappa shape index (κ2) is 7.16. The molecule has 0 amide bonds. The minimum absolute atomic E-state index is 0.0706. The molecule has 1 fully saturated rings. The third kappa shape index (κ3) is 3.82. The topological polar surface area (TPSA) is 59.0 Å². The van der Waals surface area contributed by atoms with Gasteiger partial charge in [-0.25, -0.2) is 12.8 Å². The highest BCUT2D eigenvalue weighted by atomic mass is 32.2. The highest BCUT2D eigenvalue weighted by Crippen LogP contribution is 2.38. The smallest absolute Gasteiger partial charge is 0.164 e. The van der Waals surface area contributed by atoms with Crippen molar-refractivity contribution < 1.29 is 17.5 Å². The van der Waals surface area contributed by atoms with Gasteiger partial charge in [-0.3, -0.25) is 4.99 Å². The van der Waals surface area contributed by atoms with Gasteiger partial charge in [-0.2, -0.15) is 0 Å². The van der Waals surface area contributed by atoms with Gasteiger partial charge in [0.25, 0.3) is 0 Å². The number of hydrogen-bond acceptors (Lipinski definition) is 6. The van der Waals surface area contributed by atoms with Gasteiger partial charge < -0.3 is 9.64 Å². The predicted molar refractivity (Wildman–Crippen MR) is 107 cm³/mol. The first-order chi connectivity index (χ1) is 12.9. The van der Waals surface area contributed by atoms with Crippen molar-refractivity contribution in [3.63, 3.8) is 0 Å². The molecule has 0 aromatic heterocycles. The first kappa shape index (κ1) is 18.3. The molecular weight excluding hydrogens is 387 g/mol. The first-order valence-corrected chi connectivity index (χ1v) is 11.3. The maximum atomic E-state index is 14.3. The van der Waals surface area contributed by atoms with Crippen LogP contribution in [0.2, 0.25) is 0 Å². The molecule has 0 N–H and O–H groups in total. The molecule has 4 rings (SSSR count). The Morgan fingerprint density at radius 3 is 2.78 bits per heavy atom. The molecule has 8 heteroatoms. The van der Waals surface area contributed by atoms with Gasteiger partial charge in [-0.1, -0.05) is 36.0 Å². The van der Waals surface area contributed by atoms with Crippen molar-refractivity contribution in [3.8, 4) is 5.75 Å². The Morgan fingerprint density at radius 2 is 2.04 bits per heavy atom. The average Bonchev–Trinajstić information content (AvgIpc) is 3.14. The highest BCUT2D eigenvalue weighted by molar-refractivity contribution is 8.15. The SMILES string of the molecule is COc1cccc(N(Cc2ccccc2F)C2=NC3CS(=O)(=O)CC3S2)c1. The summed E-state index contributed by atoms with van der Waals surface area (Å²) in [6.45, 7) is 0.303. The van der Waals surface area contributed by atoms with E-state index in [1.165, 1.54) is 17.8 Å². The van der Waals surface area contributed by atoms with Crippen molar-refractivity contribution in [1.82, 2.24) is 0 Å². The van der Waals surface area contributed by atoms with E-state index in [0.29, 0.717) is 17.9 Å². The number of sulfone groups is 1. The van der Waals surface area contributed by atoms with Crippen LogP contribution < -0.4 is 9.64 Å². The fraction of sp³-hybridized carbons (Fsp3) is 0.316. The van der Waals surface area contributed by atoms with E-state index in [9.17, 15) is 12.8 Å². The van der Waals surface area contributed by atoms with Crippen molar-refractivity contribution in [2.45, 2.75) is 17.8 Å². The van der Waals surface area contributed by atoms with Gasteiger partial charge in [0.2, 0.25) is 0 Å². The van der Waals surface area contributed by atoms with Crippen LogP contribution in [0, 0.1) is 5.82 Å². The average molecular weight is 407 g/mol. The Labute approximate surface area is 162 Å². The quantitative estimate of drug-likeness (QED) is 0.781. The first-order valence-electron chi connectivity index (χ1n) is 8.55. The van der Waals surface area contributed by atoms with Gasteiger partial charge in [0, 0.05) is 22.6 Å². The van der Waals surface area contributed by atoms with Crippen molar-refractivity contribution in [1.29, 1.82) is 0 Å². The van der Waals surface area contributed by atoms with Crippen LogP contribution in [0.15, 0.2) is 53.5 Å². The molecule has 1 saturated heterocycles. The predicted octanol–water partition coefficient (Wildman–Crippen LogP) is 3.11. The van der Waals surface area contributed by atoms with Crippen LogP contribution in [-0.2, 0) is 16.4 Å². The van der Waals surface area contributed by atoms with E-state index in [1.807, 2.05) is 29.2 Å². The van der Waals surface area contributed by atoms with E-state index in [2.05, 4.69) is 4.99 Å². The zero-order chi connectivity index (χ0) is 19.0. The second-order valence-corrected chi connectivity index (χ2v) is 9.95. The summed E-state index contributed by atoms with van der Waals surface area (Å²) in [5.74, 6) is 0.634. The third-order valence-corrected chi connectivity index (χ3v) is 7.93. The molecule has 0 aliphatic carbocycles. The minimum Gasteiger partial charge on any atom is -0.497 e. The van der Waals surface area contributed by atoms with Gasteiger partial charge in [-0.15, -0.1) is 0 Å². The standard InChI is InChI=1S/C19H19FN2O3S2/c1-25-15-7-4-6-14(9-15)22(10-13-5-2-3-8-16(13)20)19-21-17-11-27(23,24)12-18(17)26-19/h2-9,17-18H,10-12H2,1H3. The lowest BCUT2D eigenvalue weighted by molar-refractivity contribution is 0.415. The maximum Gasteiger partial charge on any atom is 0.164 e. The Hall–Kier alpha value is -2.06. The molecule has 0 saturated carbocycles. The normalized spacial score (nSPS) is 23.0. The second-order valence-electron chi connectivity index (χ2n) is 6.59. The summed E-state index contributed by atoms with van der Waals surface area (Å²) in [6, 6.07) is 13.9. The lowest BCUT2D eigenvalue weighted by atomic mass is 10.2. The van der Waals surface area contributed by atoms with Crippen LogP contribution in [-0.4, -0.2) is 43.5 Å². The van der Waals surface area contributed by atoms with Crippen LogP contribution in [0.5, 0.6) is 5.75 Å². The van der Waals surface area contributed by atoms with Crippen LogP contribution >= 0.6 is 11.8 Å². The summed E-state index contributed by atoms with van der Waals surface area (Å²) in [5.41, 5.74) is 1.37. The van der Waals surface area contributed by atoms with E-state index in [4.69, 9.17) is 4.74 Å². The molecule has 0 bridgehead atoms. The monoisotopic (exact) mass is 406 g/mol. The van der Waals surface area contributed by atoms with Crippen molar-refractivity contribution >= 4 is 32.5 Å². The fourth-order valence-corrected chi connectivity index (χ4v) is 7.10. The number of rotatable bonds is 4. The summed E-state index contributed by atoms with van der Waals surface area (Å²) in [5, 5.41) is 0.648. The molecule has 5 nitrogen and oxygen atoms in total. The van der Waals surface area contributed by atoms with Gasteiger partial charge in [0.1, 0.15) is 11.6 Å². The number of amidine groups is 1. The summed E-state index contributed by atoms with van der Waals surface area (Å²) < 4.78 is 43.3. The molecule has 2 atom stereocenters. The van der Waals surface area contributed by atoms with Crippen LogP contribution in [0.3, 0.4) is 0 Å². The summed E-state index contributed by atoms with van der Waals surface area (Å²) in [7, 11) is -1.43. The number of benzene rings is 2. The number of anilines is 1. The van der Waals surface area contributed by atoms with E-state index in [-0.39, 0.29) is 28.6 Å². The van der Waals surface area contributed by atoms with E-state index >= 15 is 0 Å². The highest BCUT2D eigenvalue weighted by Gasteiger charge is 2.44. The van der Waals surface area contributed by atoms with Crippen LogP contribution in [0.4, 0.5) is 10.1 Å². The Kier molecular flexibility index (Phi) is 4.86. The van der Waals surface area contributed by atoms with Gasteiger partial charge >= 0.3 is 0 Å². The van der Waals surface area contributed by atoms with Crippen LogP contribution in [0.1, 0.15) is 5.56 Å². The largest absolute Gasteiger partial charge is 0.497 e. The molecule has 0 spiro atoms. The number of ether oxygens (including phenoxy) is 1. The summed E-state index contributed by atoms with van der Waals surface area (Å²) in [4.78, 5) is 6.59. The number of halogens is 1. The van der Waals surface area contributed by atoms with Crippen molar-refractivity contribution in [2.75, 3.05) is 23.5 Å². The third-order valence-electron chi connectivity index (χ3n) is 4.69. The molecule has 142 valence electrons. The fourth-order valence-electron chi connectivity index (χ4n) is 3.32. The molecular formula is C19H19FN2O3S2. The number of methoxy groups -OCH3 is 1. The summed E-state index contributed by atoms with van der Waals surface area (Å²) >= 11 is 1.46. The number of hydrogen-bond donors (Lipinski definition) is 0. The minimum atomic E-state index is -3.02. The van der Waals surface area contributed by atoms with E-state index in [0.717, 1.165) is 10.9 Å². The molecule has 2 unspecified atom stereocenters. The van der Waals surface area contributed by atoms with E-state index < -0.39 is 9.84 Å². The Morgan fingerprint density at radius 1 is 1.22 bits per heavy atom. The molecule has 0 radical (unpaired) electrons. The van der Waals surface area contributed by atoms with Crippen LogP contribution in [0.25, 0.3) is 0 Å². The van der Waals surface area contributed by atoms with Gasteiger partial charge in [-0.05, 0) is 18.2 Å². The van der Waals surface area contributed by atoms with Crippen molar-refractivity contribution in [3.05, 3.63) is 59.9 Å². The molecule has 2 aromatic rings. The van der Waals surface area contributed by atoms with Gasteiger partial charge in [0.05, 0.1) is 31.2 Å². The Bertz CT molecular complexity index is 994. The number of aliphatic imine (C=N–C) groups is 1. The molecule has 2 aliphatic rings. The molecule has 2 heterocycles. The zero-order valence-corrected chi connectivity index (χ0v) is 16.3. The van der Waals surface area contributed by atoms with Crippen molar-refractivity contribution in [2.24, 2.45) is 4.99 Å². The molecule has 2 aliphatic heterocycles. The lowest BCUT2D eigenvalue weighted by Crippen LogP contribution is -2.28. The zero-order valence-electron chi connectivity index (χ0n) is 14.7.